The predicted molar refractivity (Wildman–Crippen MR) is 83.4 cm³/mol. The summed E-state index contributed by atoms with van der Waals surface area (Å²) < 4.78 is 1.96. The summed E-state index contributed by atoms with van der Waals surface area (Å²) >= 11 is 0. The molecule has 1 aliphatic rings. The molecule has 1 aromatic heterocycles. The molecule has 3 rings (SSSR count). The SMILES string of the molecule is CCCc1nn(C)c2c1NCC(c1ccccc1)CN2. The van der Waals surface area contributed by atoms with Gasteiger partial charge in [0.1, 0.15) is 11.5 Å². The number of benzene rings is 1. The highest BCUT2D eigenvalue weighted by atomic mass is 15.3. The monoisotopic (exact) mass is 270 g/mol. The molecule has 0 saturated heterocycles. The van der Waals surface area contributed by atoms with Gasteiger partial charge in [0, 0.05) is 26.1 Å². The van der Waals surface area contributed by atoms with Gasteiger partial charge in [0.25, 0.3) is 0 Å². The number of rotatable bonds is 3. The van der Waals surface area contributed by atoms with Crippen molar-refractivity contribution in [2.45, 2.75) is 25.7 Å². The van der Waals surface area contributed by atoms with Gasteiger partial charge in [-0.15, -0.1) is 0 Å². The van der Waals surface area contributed by atoms with Crippen LogP contribution in [0.25, 0.3) is 0 Å². The highest BCUT2D eigenvalue weighted by molar-refractivity contribution is 5.69. The van der Waals surface area contributed by atoms with E-state index in [9.17, 15) is 0 Å². The molecule has 0 amide bonds. The van der Waals surface area contributed by atoms with Gasteiger partial charge in [-0.1, -0.05) is 43.7 Å². The summed E-state index contributed by atoms with van der Waals surface area (Å²) in [6.07, 6.45) is 2.14. The van der Waals surface area contributed by atoms with Crippen molar-refractivity contribution in [1.82, 2.24) is 9.78 Å². The highest BCUT2D eigenvalue weighted by Crippen LogP contribution is 2.31. The Morgan fingerprint density at radius 1 is 1.20 bits per heavy atom. The zero-order chi connectivity index (χ0) is 13.9. The van der Waals surface area contributed by atoms with Gasteiger partial charge in [-0.25, -0.2) is 0 Å². The normalized spacial score (nSPS) is 17.8. The van der Waals surface area contributed by atoms with Crippen LogP contribution in [0.1, 0.15) is 30.5 Å². The maximum atomic E-state index is 4.61. The summed E-state index contributed by atoms with van der Waals surface area (Å²) in [4.78, 5) is 0. The van der Waals surface area contributed by atoms with E-state index < -0.39 is 0 Å². The standard InChI is InChI=1S/C16H22N4/c1-3-7-14-15-16(20(2)19-14)18-11-13(10-17-15)12-8-5-4-6-9-12/h4-6,8-9,13,17-18H,3,7,10-11H2,1-2H3. The quantitative estimate of drug-likeness (QED) is 0.901. The minimum Gasteiger partial charge on any atom is -0.380 e. The summed E-state index contributed by atoms with van der Waals surface area (Å²) in [7, 11) is 2.01. The average Bonchev–Trinajstić information content (AvgIpc) is 2.66. The fourth-order valence-electron chi connectivity index (χ4n) is 2.86. The Kier molecular flexibility index (Phi) is 3.63. The van der Waals surface area contributed by atoms with E-state index in [4.69, 9.17) is 0 Å². The van der Waals surface area contributed by atoms with Crippen LogP contribution in [0.15, 0.2) is 30.3 Å². The second-order valence-corrected chi connectivity index (χ2v) is 5.41. The number of anilines is 2. The third kappa shape index (κ3) is 2.38. The van der Waals surface area contributed by atoms with E-state index in [1.54, 1.807) is 0 Å². The minimum absolute atomic E-state index is 0.484. The van der Waals surface area contributed by atoms with Crippen LogP contribution in [-0.4, -0.2) is 22.9 Å². The summed E-state index contributed by atoms with van der Waals surface area (Å²) in [6.45, 7) is 4.08. The number of aromatic nitrogens is 2. The van der Waals surface area contributed by atoms with Gasteiger partial charge >= 0.3 is 0 Å². The molecule has 1 aromatic carbocycles. The second kappa shape index (κ2) is 5.57. The molecule has 1 unspecified atom stereocenters. The van der Waals surface area contributed by atoms with Crippen molar-refractivity contribution in [1.29, 1.82) is 0 Å². The number of hydrogen-bond donors (Lipinski definition) is 2. The molecule has 106 valence electrons. The van der Waals surface area contributed by atoms with Crippen LogP contribution < -0.4 is 10.6 Å². The van der Waals surface area contributed by atoms with Gasteiger partial charge in [0.05, 0.1) is 5.69 Å². The number of nitrogens with zero attached hydrogens (tertiary/aromatic N) is 2. The van der Waals surface area contributed by atoms with Gasteiger partial charge in [-0.05, 0) is 12.0 Å². The number of hydrogen-bond acceptors (Lipinski definition) is 3. The Labute approximate surface area is 120 Å². The zero-order valence-electron chi connectivity index (χ0n) is 12.2. The fourth-order valence-corrected chi connectivity index (χ4v) is 2.86. The smallest absolute Gasteiger partial charge is 0.148 e. The summed E-state index contributed by atoms with van der Waals surface area (Å²) in [5.41, 5.74) is 3.74. The molecule has 0 fully saturated rings. The molecule has 2 aromatic rings. The van der Waals surface area contributed by atoms with Crippen molar-refractivity contribution >= 4 is 11.5 Å². The molecule has 20 heavy (non-hydrogen) atoms. The van der Waals surface area contributed by atoms with Crippen LogP contribution in [0.4, 0.5) is 11.5 Å². The van der Waals surface area contributed by atoms with Crippen LogP contribution in [0.5, 0.6) is 0 Å². The third-order valence-corrected chi connectivity index (χ3v) is 3.92. The van der Waals surface area contributed by atoms with Crippen molar-refractivity contribution in [3.8, 4) is 0 Å². The van der Waals surface area contributed by atoms with Gasteiger partial charge in [-0.3, -0.25) is 4.68 Å². The van der Waals surface area contributed by atoms with E-state index in [2.05, 4.69) is 53.0 Å². The molecule has 2 N–H and O–H groups in total. The largest absolute Gasteiger partial charge is 0.380 e. The van der Waals surface area contributed by atoms with E-state index in [1.165, 1.54) is 16.9 Å². The van der Waals surface area contributed by atoms with Crippen LogP contribution in [0, 0.1) is 0 Å². The Morgan fingerprint density at radius 3 is 2.70 bits per heavy atom. The lowest BCUT2D eigenvalue weighted by atomic mass is 9.99. The first-order chi connectivity index (χ1) is 9.79. The molecule has 1 atom stereocenters. The lowest BCUT2D eigenvalue weighted by molar-refractivity contribution is 0.715. The molecular weight excluding hydrogens is 248 g/mol. The fraction of sp³-hybridized carbons (Fsp3) is 0.438. The third-order valence-electron chi connectivity index (χ3n) is 3.92. The second-order valence-electron chi connectivity index (χ2n) is 5.41. The van der Waals surface area contributed by atoms with E-state index in [-0.39, 0.29) is 0 Å². The first kappa shape index (κ1) is 13.0. The number of fused-ring (bicyclic) bond motifs is 1. The van der Waals surface area contributed by atoms with E-state index >= 15 is 0 Å². The molecular formula is C16H22N4. The lowest BCUT2D eigenvalue weighted by Crippen LogP contribution is -2.18. The molecule has 0 saturated carbocycles. The van der Waals surface area contributed by atoms with Crippen LogP contribution in [0.2, 0.25) is 0 Å². The van der Waals surface area contributed by atoms with Crippen molar-refractivity contribution < 1.29 is 0 Å². The van der Waals surface area contributed by atoms with Crippen molar-refractivity contribution in [2.24, 2.45) is 7.05 Å². The first-order valence-corrected chi connectivity index (χ1v) is 7.38. The Morgan fingerprint density at radius 2 is 1.95 bits per heavy atom. The van der Waals surface area contributed by atoms with E-state index in [1.807, 2.05) is 11.7 Å². The van der Waals surface area contributed by atoms with Crippen molar-refractivity contribution in [2.75, 3.05) is 23.7 Å². The number of aryl methyl sites for hydroxylation is 2. The molecule has 4 nitrogen and oxygen atoms in total. The molecule has 0 aliphatic carbocycles. The Hall–Kier alpha value is -1.97. The van der Waals surface area contributed by atoms with Crippen LogP contribution in [-0.2, 0) is 13.5 Å². The van der Waals surface area contributed by atoms with Crippen LogP contribution >= 0.6 is 0 Å². The minimum atomic E-state index is 0.484. The van der Waals surface area contributed by atoms with Crippen molar-refractivity contribution in [3.63, 3.8) is 0 Å². The predicted octanol–water partition coefficient (Wildman–Crippen LogP) is 2.99. The molecule has 1 aliphatic heterocycles. The van der Waals surface area contributed by atoms with Crippen LogP contribution in [0.3, 0.4) is 0 Å². The molecule has 4 heteroatoms. The summed E-state index contributed by atoms with van der Waals surface area (Å²) in [5.74, 6) is 1.60. The summed E-state index contributed by atoms with van der Waals surface area (Å²) in [6, 6.07) is 10.7. The molecule has 0 bridgehead atoms. The Balaban J connectivity index is 1.83. The zero-order valence-corrected chi connectivity index (χ0v) is 12.2. The van der Waals surface area contributed by atoms with E-state index in [0.717, 1.165) is 31.7 Å². The molecule has 0 radical (unpaired) electrons. The average molecular weight is 270 g/mol. The Bertz CT molecular complexity index is 574. The molecule has 2 heterocycles. The summed E-state index contributed by atoms with van der Waals surface area (Å²) in [5, 5.41) is 11.8. The first-order valence-electron chi connectivity index (χ1n) is 7.38. The molecule has 0 spiro atoms. The highest BCUT2D eigenvalue weighted by Gasteiger charge is 2.22. The maximum absolute atomic E-state index is 4.61. The maximum Gasteiger partial charge on any atom is 0.148 e. The van der Waals surface area contributed by atoms with Gasteiger partial charge in [-0.2, -0.15) is 5.10 Å². The number of nitrogens with one attached hydrogen (secondary N) is 2. The topological polar surface area (TPSA) is 41.9 Å². The van der Waals surface area contributed by atoms with E-state index in [0.29, 0.717) is 5.92 Å². The lowest BCUT2D eigenvalue weighted by Gasteiger charge is -2.15. The van der Waals surface area contributed by atoms with Gasteiger partial charge < -0.3 is 10.6 Å². The van der Waals surface area contributed by atoms with Gasteiger partial charge in [0.15, 0.2) is 0 Å². The van der Waals surface area contributed by atoms with Crippen molar-refractivity contribution in [3.05, 3.63) is 41.6 Å². The van der Waals surface area contributed by atoms with Gasteiger partial charge in [0.2, 0.25) is 0 Å².